The number of anilines is 5. The van der Waals surface area contributed by atoms with E-state index < -0.39 is 0 Å². The molecule has 0 bridgehead atoms. The second-order valence-corrected chi connectivity index (χ2v) is 20.4. The SMILES string of the molecule is CC1(C)c2ccccc2-c2cc3c(cc21)N(c1ccccc1)C1CC=C(c2ccc(N(c4cccc5c4-c4ccccc4C5(C)C)c4cccc5c4c4ccccc4n5-c4ccccc4)cc2)C=C31. The van der Waals surface area contributed by atoms with Crippen molar-refractivity contribution < 1.29 is 0 Å². The van der Waals surface area contributed by atoms with Crippen molar-refractivity contribution in [2.45, 2.75) is 51.0 Å². The maximum absolute atomic E-state index is 2.60. The zero-order valence-corrected chi connectivity index (χ0v) is 39.4. The summed E-state index contributed by atoms with van der Waals surface area (Å²) in [6.07, 6.45) is 5.88. The van der Waals surface area contributed by atoms with Crippen molar-refractivity contribution in [1.29, 1.82) is 0 Å². The van der Waals surface area contributed by atoms with Gasteiger partial charge in [-0.25, -0.2) is 0 Å². The number of aromatic nitrogens is 1. The minimum absolute atomic E-state index is 0.0750. The molecule has 0 radical (unpaired) electrons. The van der Waals surface area contributed by atoms with E-state index in [4.69, 9.17) is 0 Å². The van der Waals surface area contributed by atoms with Gasteiger partial charge in [0.1, 0.15) is 0 Å². The van der Waals surface area contributed by atoms with Gasteiger partial charge in [-0.2, -0.15) is 0 Å². The monoisotopic (exact) mass is 885 g/mol. The second kappa shape index (κ2) is 14.7. The fourth-order valence-corrected chi connectivity index (χ4v) is 12.8. The Labute approximate surface area is 404 Å². The Kier molecular flexibility index (Phi) is 8.50. The molecule has 0 spiro atoms. The number of benzene rings is 9. The van der Waals surface area contributed by atoms with Gasteiger partial charge in [-0.15, -0.1) is 0 Å². The van der Waals surface area contributed by atoms with Crippen LogP contribution in [0.25, 0.3) is 60.9 Å². The van der Waals surface area contributed by atoms with Gasteiger partial charge in [0.25, 0.3) is 0 Å². The number of fused-ring (bicyclic) bond motifs is 12. The molecule has 3 heteroatoms. The highest BCUT2D eigenvalue weighted by Gasteiger charge is 2.42. The molecule has 330 valence electrons. The van der Waals surface area contributed by atoms with E-state index >= 15 is 0 Å². The molecule has 1 unspecified atom stereocenters. The lowest BCUT2D eigenvalue weighted by Crippen LogP contribution is -2.27. The molecule has 0 amide bonds. The van der Waals surface area contributed by atoms with Gasteiger partial charge in [0, 0.05) is 55.5 Å². The number of allylic oxidation sites excluding steroid dienone is 2. The summed E-state index contributed by atoms with van der Waals surface area (Å²) in [7, 11) is 0. The number of hydrogen-bond acceptors (Lipinski definition) is 2. The molecule has 3 nitrogen and oxygen atoms in total. The van der Waals surface area contributed by atoms with Crippen LogP contribution in [0.5, 0.6) is 0 Å². The van der Waals surface area contributed by atoms with Gasteiger partial charge in [0.05, 0.1) is 28.5 Å². The molecule has 0 saturated heterocycles. The minimum Gasteiger partial charge on any atom is -0.333 e. The first kappa shape index (κ1) is 40.0. The van der Waals surface area contributed by atoms with E-state index in [2.05, 4.69) is 260 Å². The fraction of sp³-hybridized carbons (Fsp3) is 0.121. The highest BCUT2D eigenvalue weighted by molar-refractivity contribution is 6.17. The number of hydrogen-bond donors (Lipinski definition) is 0. The average molecular weight is 886 g/mol. The number of para-hydroxylation sites is 3. The summed E-state index contributed by atoms with van der Waals surface area (Å²) in [6, 6.07) is 77.1. The summed E-state index contributed by atoms with van der Waals surface area (Å²) in [5.74, 6) is 0. The smallest absolute Gasteiger partial charge is 0.0633 e. The first-order valence-corrected chi connectivity index (χ1v) is 24.5. The van der Waals surface area contributed by atoms with Gasteiger partial charge in [-0.1, -0.05) is 167 Å². The summed E-state index contributed by atoms with van der Waals surface area (Å²) >= 11 is 0. The zero-order chi connectivity index (χ0) is 46.2. The van der Waals surface area contributed by atoms with Crippen molar-refractivity contribution in [3.63, 3.8) is 0 Å². The molecule has 0 fully saturated rings. The highest BCUT2D eigenvalue weighted by Crippen LogP contribution is 2.58. The van der Waals surface area contributed by atoms with Crippen LogP contribution in [0.1, 0.15) is 67.5 Å². The van der Waals surface area contributed by atoms with Crippen molar-refractivity contribution in [3.05, 3.63) is 252 Å². The third-order valence-electron chi connectivity index (χ3n) is 16.1. The Balaban J connectivity index is 0.935. The molecule has 0 N–H and O–H groups in total. The average Bonchev–Trinajstić information content (AvgIpc) is 4.05. The fourth-order valence-electron chi connectivity index (χ4n) is 12.8. The van der Waals surface area contributed by atoms with E-state index in [0.29, 0.717) is 0 Å². The molecule has 3 aliphatic carbocycles. The zero-order valence-electron chi connectivity index (χ0n) is 39.4. The molecule has 1 aliphatic heterocycles. The van der Waals surface area contributed by atoms with E-state index in [9.17, 15) is 0 Å². The van der Waals surface area contributed by atoms with Crippen molar-refractivity contribution in [1.82, 2.24) is 4.57 Å². The topological polar surface area (TPSA) is 11.4 Å². The van der Waals surface area contributed by atoms with E-state index in [1.807, 2.05) is 0 Å². The van der Waals surface area contributed by atoms with E-state index in [1.54, 1.807) is 0 Å². The summed E-state index contributed by atoms with van der Waals surface area (Å²) < 4.78 is 2.42. The van der Waals surface area contributed by atoms with E-state index in [-0.39, 0.29) is 16.9 Å². The van der Waals surface area contributed by atoms with Gasteiger partial charge < -0.3 is 14.4 Å². The van der Waals surface area contributed by atoms with Crippen molar-refractivity contribution in [2.24, 2.45) is 0 Å². The Morgan fingerprint density at radius 2 is 1.09 bits per heavy atom. The Morgan fingerprint density at radius 1 is 0.478 bits per heavy atom. The van der Waals surface area contributed by atoms with Gasteiger partial charge in [0.15, 0.2) is 0 Å². The molecule has 1 aromatic heterocycles. The molecule has 2 heterocycles. The largest absolute Gasteiger partial charge is 0.333 e. The highest BCUT2D eigenvalue weighted by atomic mass is 15.2. The lowest BCUT2D eigenvalue weighted by molar-refractivity contribution is 0.660. The quantitative estimate of drug-likeness (QED) is 0.165. The van der Waals surface area contributed by atoms with E-state index in [0.717, 1.165) is 23.5 Å². The van der Waals surface area contributed by atoms with Crippen LogP contribution in [0.3, 0.4) is 0 Å². The van der Waals surface area contributed by atoms with Crippen LogP contribution in [0.4, 0.5) is 28.4 Å². The molecule has 69 heavy (non-hydrogen) atoms. The molecule has 4 aliphatic rings. The third kappa shape index (κ3) is 5.68. The van der Waals surface area contributed by atoms with Gasteiger partial charge in [-0.3, -0.25) is 0 Å². The van der Waals surface area contributed by atoms with Gasteiger partial charge >= 0.3 is 0 Å². The molecule has 9 aromatic carbocycles. The molecular formula is C66H51N3. The predicted octanol–water partition coefficient (Wildman–Crippen LogP) is 17.3. The number of rotatable bonds is 6. The third-order valence-corrected chi connectivity index (χ3v) is 16.1. The molecular weight excluding hydrogens is 835 g/mol. The Hall–Kier alpha value is -8.14. The Bertz CT molecular complexity index is 3810. The summed E-state index contributed by atoms with van der Waals surface area (Å²) in [6.45, 7) is 9.52. The summed E-state index contributed by atoms with van der Waals surface area (Å²) in [4.78, 5) is 5.14. The molecule has 1 atom stereocenters. The first-order chi connectivity index (χ1) is 33.8. The maximum Gasteiger partial charge on any atom is 0.0633 e. The van der Waals surface area contributed by atoms with Crippen molar-refractivity contribution >= 4 is 61.4 Å². The maximum atomic E-state index is 2.60. The van der Waals surface area contributed by atoms with Crippen LogP contribution < -0.4 is 9.80 Å². The predicted molar refractivity (Wildman–Crippen MR) is 290 cm³/mol. The van der Waals surface area contributed by atoms with Crippen LogP contribution in [-0.4, -0.2) is 10.6 Å². The van der Waals surface area contributed by atoms with Crippen LogP contribution in [0, 0.1) is 0 Å². The van der Waals surface area contributed by atoms with Crippen LogP contribution in [0.2, 0.25) is 0 Å². The molecule has 0 saturated carbocycles. The van der Waals surface area contributed by atoms with Crippen LogP contribution in [0.15, 0.2) is 218 Å². The summed E-state index contributed by atoms with van der Waals surface area (Å²) in [5, 5.41) is 2.46. The first-order valence-electron chi connectivity index (χ1n) is 24.5. The second-order valence-electron chi connectivity index (χ2n) is 20.4. The normalized spacial score (nSPS) is 16.6. The number of nitrogens with zero attached hydrogens (tertiary/aromatic N) is 3. The lowest BCUT2D eigenvalue weighted by atomic mass is 9.82. The molecule has 14 rings (SSSR count). The van der Waals surface area contributed by atoms with Crippen molar-refractivity contribution in [2.75, 3.05) is 9.80 Å². The van der Waals surface area contributed by atoms with Crippen LogP contribution >= 0.6 is 0 Å². The minimum atomic E-state index is -0.139. The van der Waals surface area contributed by atoms with Gasteiger partial charge in [-0.05, 0) is 141 Å². The summed E-state index contributed by atoms with van der Waals surface area (Å²) in [5.41, 5.74) is 25.4. The van der Waals surface area contributed by atoms with Crippen LogP contribution in [-0.2, 0) is 10.8 Å². The lowest BCUT2D eigenvalue weighted by Gasteiger charge is -2.30. The van der Waals surface area contributed by atoms with Gasteiger partial charge in [0.2, 0.25) is 0 Å². The van der Waals surface area contributed by atoms with Crippen molar-refractivity contribution in [3.8, 4) is 27.9 Å². The standard InChI is InChI=1S/C66H51N3/c1-65(2)54-27-15-12-24-48(54)63-55(65)28-17-30-59(63)69(61-32-18-31-60-64(61)49-25-13-16-29-57(49)67(60)44-19-7-5-8-20-44)46-36-33-42(34-37-46)43-35-38-58-51(39-43)52-40-50-47-23-11-14-26-53(47)66(3,4)56(50)41-62(52)68(58)45-21-9-6-10-22-45/h5-37,39-41,58H,38H2,1-4H3. The van der Waals surface area contributed by atoms with E-state index in [1.165, 1.54) is 106 Å². The Morgan fingerprint density at radius 3 is 1.87 bits per heavy atom. The molecule has 10 aromatic rings.